The van der Waals surface area contributed by atoms with Gasteiger partial charge in [0.15, 0.2) is 0 Å². The van der Waals surface area contributed by atoms with E-state index in [-0.39, 0.29) is 11.1 Å². The van der Waals surface area contributed by atoms with E-state index in [1.54, 1.807) is 31.6 Å². The van der Waals surface area contributed by atoms with Crippen LogP contribution in [0, 0.1) is 0 Å². The van der Waals surface area contributed by atoms with Gasteiger partial charge in [-0.05, 0) is 75.9 Å². The van der Waals surface area contributed by atoms with Crippen LogP contribution in [0.1, 0.15) is 0 Å². The number of H-pyrrole nitrogens is 1. The van der Waals surface area contributed by atoms with Crippen LogP contribution < -0.4 is 11.1 Å². The van der Waals surface area contributed by atoms with Crippen LogP contribution in [0.3, 0.4) is 0 Å². The molecular weight excluding hydrogens is 512 g/mol. The second-order valence-electron chi connectivity index (χ2n) is 3.42. The van der Waals surface area contributed by atoms with Gasteiger partial charge in [-0.3, -0.25) is 9.59 Å². The van der Waals surface area contributed by atoms with Gasteiger partial charge in [0.25, 0.3) is 11.1 Å². The lowest BCUT2D eigenvalue weighted by Crippen LogP contribution is -2.15. The number of nitrogens with zero attached hydrogens (tertiary/aromatic N) is 1. The molecule has 19 heavy (non-hydrogen) atoms. The fraction of sp³-hybridized carbons (Fsp3) is 0.0909. The van der Waals surface area contributed by atoms with Crippen LogP contribution >= 0.6 is 63.7 Å². The highest BCUT2D eigenvalue weighted by Crippen LogP contribution is 2.11. The van der Waals surface area contributed by atoms with Crippen LogP contribution in [0.2, 0.25) is 0 Å². The normalized spacial score (nSPS) is 9.74. The second-order valence-corrected chi connectivity index (χ2v) is 6.96. The molecule has 2 rings (SSSR count). The molecule has 4 nitrogen and oxygen atoms in total. The molecule has 0 aromatic carbocycles. The number of aromatic nitrogens is 2. The smallest absolute Gasteiger partial charge is 0.264 e. The summed E-state index contributed by atoms with van der Waals surface area (Å²) in [6.45, 7) is 0. The number of halogens is 4. The Morgan fingerprint density at radius 1 is 1.00 bits per heavy atom. The van der Waals surface area contributed by atoms with Gasteiger partial charge in [0.05, 0.1) is 8.95 Å². The summed E-state index contributed by atoms with van der Waals surface area (Å²) < 4.78 is 4.37. The average molecular weight is 520 g/mol. The fourth-order valence-corrected chi connectivity index (χ4v) is 3.45. The maximum atomic E-state index is 11.0. The highest BCUT2D eigenvalue weighted by Gasteiger charge is 1.97. The first-order chi connectivity index (χ1) is 8.81. The van der Waals surface area contributed by atoms with E-state index in [0.717, 1.165) is 8.95 Å². The molecule has 2 aromatic heterocycles. The first-order valence-corrected chi connectivity index (χ1v) is 8.04. The largest absolute Gasteiger partial charge is 0.327 e. The minimum absolute atomic E-state index is 0.0248. The van der Waals surface area contributed by atoms with E-state index >= 15 is 0 Å². The highest BCUT2D eigenvalue weighted by molar-refractivity contribution is 9.11. The number of hydrogen-bond acceptors (Lipinski definition) is 2. The third-order valence-corrected chi connectivity index (χ3v) is 3.98. The Labute approximate surface area is 142 Å². The number of pyridine rings is 2. The molecule has 0 fully saturated rings. The molecular formula is C11H8Br4N2O2. The van der Waals surface area contributed by atoms with Gasteiger partial charge < -0.3 is 9.55 Å². The third-order valence-electron chi connectivity index (χ3n) is 1.93. The minimum Gasteiger partial charge on any atom is -0.327 e. The highest BCUT2D eigenvalue weighted by atomic mass is 79.9. The van der Waals surface area contributed by atoms with E-state index in [4.69, 9.17) is 0 Å². The zero-order chi connectivity index (χ0) is 14.6. The quantitative estimate of drug-likeness (QED) is 0.576. The van der Waals surface area contributed by atoms with Crippen molar-refractivity contribution in [2.24, 2.45) is 7.05 Å². The summed E-state index contributed by atoms with van der Waals surface area (Å²) in [5, 5.41) is 0. The van der Waals surface area contributed by atoms with Crippen LogP contribution in [0.25, 0.3) is 0 Å². The molecule has 102 valence electrons. The van der Waals surface area contributed by atoms with Gasteiger partial charge in [-0.15, -0.1) is 0 Å². The Morgan fingerprint density at radius 3 is 2.05 bits per heavy atom. The zero-order valence-electron chi connectivity index (χ0n) is 9.58. The van der Waals surface area contributed by atoms with Crippen LogP contribution in [0.5, 0.6) is 0 Å². The summed E-state index contributed by atoms with van der Waals surface area (Å²) in [6, 6.07) is 3.42. The molecule has 0 atom stereocenters. The number of hydrogen-bond donors (Lipinski definition) is 1. The number of aryl methyl sites for hydroxylation is 1. The Kier molecular flexibility index (Phi) is 6.72. The van der Waals surface area contributed by atoms with Crippen LogP contribution in [-0.2, 0) is 7.05 Å². The van der Waals surface area contributed by atoms with Gasteiger partial charge in [-0.25, -0.2) is 0 Å². The van der Waals surface area contributed by atoms with Crippen LogP contribution in [-0.4, -0.2) is 9.55 Å². The molecule has 2 aromatic rings. The van der Waals surface area contributed by atoms with Gasteiger partial charge in [-0.1, -0.05) is 0 Å². The number of rotatable bonds is 0. The summed E-state index contributed by atoms with van der Waals surface area (Å²) in [4.78, 5) is 24.2. The van der Waals surface area contributed by atoms with Crippen molar-refractivity contribution in [1.29, 1.82) is 0 Å². The molecule has 0 aliphatic carbocycles. The third kappa shape index (κ3) is 5.37. The van der Waals surface area contributed by atoms with E-state index < -0.39 is 0 Å². The van der Waals surface area contributed by atoms with Gasteiger partial charge in [0, 0.05) is 28.4 Å². The molecule has 0 unspecified atom stereocenters. The van der Waals surface area contributed by atoms with Gasteiger partial charge >= 0.3 is 0 Å². The van der Waals surface area contributed by atoms with E-state index in [1.165, 1.54) is 4.57 Å². The Bertz CT molecular complexity index is 668. The molecule has 0 saturated heterocycles. The van der Waals surface area contributed by atoms with Crippen molar-refractivity contribution >= 4 is 63.7 Å². The molecule has 0 amide bonds. The van der Waals surface area contributed by atoms with Crippen molar-refractivity contribution < 1.29 is 0 Å². The first kappa shape index (κ1) is 16.9. The number of nitrogens with one attached hydrogen (secondary N) is 1. The lowest BCUT2D eigenvalue weighted by Gasteiger charge is -1.97. The first-order valence-electron chi connectivity index (χ1n) is 4.86. The van der Waals surface area contributed by atoms with Crippen LogP contribution in [0.4, 0.5) is 0 Å². The van der Waals surface area contributed by atoms with E-state index in [0.29, 0.717) is 8.95 Å². The minimum atomic E-state index is -0.113. The molecule has 0 aliphatic rings. The molecule has 2 heterocycles. The summed E-state index contributed by atoms with van der Waals surface area (Å²) in [7, 11) is 1.71. The molecule has 1 N–H and O–H groups in total. The van der Waals surface area contributed by atoms with Gasteiger partial charge in [0.2, 0.25) is 0 Å². The van der Waals surface area contributed by atoms with Crippen molar-refractivity contribution in [2.75, 3.05) is 0 Å². The topological polar surface area (TPSA) is 54.9 Å². The maximum Gasteiger partial charge on any atom is 0.264 e. The Balaban J connectivity index is 0.000000191. The van der Waals surface area contributed by atoms with Crippen molar-refractivity contribution in [3.05, 3.63) is 63.1 Å². The molecule has 8 heteroatoms. The fourth-order valence-electron chi connectivity index (χ4n) is 1.06. The van der Waals surface area contributed by atoms with Crippen molar-refractivity contribution in [1.82, 2.24) is 9.55 Å². The molecule has 0 radical (unpaired) electrons. The second kappa shape index (κ2) is 7.56. The Morgan fingerprint density at radius 2 is 1.58 bits per heavy atom. The standard InChI is InChI=1S/C6H5Br2NO.C5H3Br2NO/c1-9-3-4(7)2-5(8)6(9)10;6-3-1-4(7)5(9)8-2-3/h2-3H,1H3;1-2H,(H,8,9). The summed E-state index contributed by atoms with van der Waals surface area (Å²) in [5.41, 5.74) is -0.138. The van der Waals surface area contributed by atoms with E-state index in [2.05, 4.69) is 68.7 Å². The predicted octanol–water partition coefficient (Wildman–Crippen LogP) is 3.81. The molecule has 0 saturated carbocycles. The average Bonchev–Trinajstić information content (AvgIpc) is 2.32. The summed E-state index contributed by atoms with van der Waals surface area (Å²) in [6.07, 6.45) is 3.31. The van der Waals surface area contributed by atoms with Crippen molar-refractivity contribution in [2.45, 2.75) is 0 Å². The van der Waals surface area contributed by atoms with Crippen molar-refractivity contribution in [3.63, 3.8) is 0 Å². The lowest BCUT2D eigenvalue weighted by molar-refractivity contribution is 0.848. The number of aromatic amines is 1. The monoisotopic (exact) mass is 516 g/mol. The van der Waals surface area contributed by atoms with E-state index in [1.807, 2.05) is 0 Å². The predicted molar refractivity (Wildman–Crippen MR) is 89.5 cm³/mol. The summed E-state index contributed by atoms with van der Waals surface area (Å²) >= 11 is 12.7. The maximum absolute atomic E-state index is 11.0. The van der Waals surface area contributed by atoms with E-state index in [9.17, 15) is 9.59 Å². The molecule has 0 aliphatic heterocycles. The summed E-state index contributed by atoms with van der Waals surface area (Å²) in [5.74, 6) is 0. The SMILES string of the molecule is Cn1cc(Br)cc(Br)c1=O.O=c1[nH]cc(Br)cc1Br. The van der Waals surface area contributed by atoms with Gasteiger partial charge in [-0.2, -0.15) is 0 Å². The lowest BCUT2D eigenvalue weighted by atomic mass is 10.5. The molecule has 0 bridgehead atoms. The Hall–Kier alpha value is -0.180. The zero-order valence-corrected chi connectivity index (χ0v) is 15.9. The van der Waals surface area contributed by atoms with Crippen LogP contribution in [0.15, 0.2) is 52.0 Å². The van der Waals surface area contributed by atoms with Gasteiger partial charge in [0.1, 0.15) is 0 Å². The molecule has 0 spiro atoms. The van der Waals surface area contributed by atoms with Crippen molar-refractivity contribution in [3.8, 4) is 0 Å².